The Hall–Kier alpha value is -4.03. The fourth-order valence-corrected chi connectivity index (χ4v) is 22.2. The van der Waals surface area contributed by atoms with Crippen LogP contribution in [0.4, 0.5) is 0 Å². The molecule has 0 radical (unpaired) electrons. The van der Waals surface area contributed by atoms with E-state index < -0.39 is 52.7 Å². The van der Waals surface area contributed by atoms with Crippen LogP contribution in [-0.4, -0.2) is 160 Å². The van der Waals surface area contributed by atoms with Gasteiger partial charge < -0.3 is 61.0 Å². The number of carbonyl (C=O) groups excluding carboxylic acids is 3. The van der Waals surface area contributed by atoms with Crippen LogP contribution in [-0.2, 0) is 30.3 Å². The predicted molar refractivity (Wildman–Crippen MR) is 352 cm³/mol. The van der Waals surface area contributed by atoms with Gasteiger partial charge in [-0.1, -0.05) is 83.5 Å². The van der Waals surface area contributed by atoms with Crippen LogP contribution in [0.1, 0.15) is 177 Å². The zero-order chi connectivity index (χ0) is 62.6. The summed E-state index contributed by atoms with van der Waals surface area (Å²) in [5.41, 5.74) is -0.373. The first-order valence-electron chi connectivity index (χ1n) is 34.8. The van der Waals surface area contributed by atoms with Crippen molar-refractivity contribution < 1.29 is 54.1 Å². The highest BCUT2D eigenvalue weighted by Gasteiger charge is 2.61. The van der Waals surface area contributed by atoms with Crippen LogP contribution in [0, 0.1) is 64.1 Å². The fraction of sp³-hybridized carbons (Fsp3) is 0.736. The van der Waals surface area contributed by atoms with Crippen molar-refractivity contribution in [3.63, 3.8) is 0 Å². The molecule has 1 spiro atoms. The summed E-state index contributed by atoms with van der Waals surface area (Å²) in [6, 6.07) is 11.5. The highest BCUT2D eigenvalue weighted by atomic mass is 33.1. The average Bonchev–Trinajstić information content (AvgIpc) is 0.807. The van der Waals surface area contributed by atoms with E-state index in [4.69, 9.17) is 14.2 Å². The minimum Gasteiger partial charge on any atom is -0.508 e. The summed E-state index contributed by atoms with van der Waals surface area (Å²) >= 11 is 0. The minimum absolute atomic E-state index is 0.0252. The van der Waals surface area contributed by atoms with Crippen LogP contribution in [0.25, 0.3) is 0 Å². The van der Waals surface area contributed by atoms with Gasteiger partial charge in [0.25, 0.3) is 0 Å². The van der Waals surface area contributed by atoms with E-state index in [1.165, 1.54) is 6.92 Å². The van der Waals surface area contributed by atoms with Gasteiger partial charge in [0.05, 0.1) is 18.3 Å². The van der Waals surface area contributed by atoms with Crippen molar-refractivity contribution in [1.29, 1.82) is 0 Å². The molecule has 0 aromatic heterocycles. The molecule has 16 nitrogen and oxygen atoms in total. The number of aliphatic hydroxyl groups is 3. The maximum absolute atomic E-state index is 16.0. The lowest BCUT2D eigenvalue weighted by atomic mass is 9.51. The molecule has 18 heteroatoms. The van der Waals surface area contributed by atoms with Crippen LogP contribution < -0.4 is 26.0 Å². The number of allylic oxidation sites excluding steroid dienone is 1. The smallest absolute Gasteiger partial charge is 0.332 e. The maximum atomic E-state index is 16.0. The molecule has 2 saturated carbocycles. The summed E-state index contributed by atoms with van der Waals surface area (Å²) < 4.78 is 21.0. The monoisotopic (exact) mass is 1280 g/mol. The molecule has 90 heavy (non-hydrogen) atoms. The second-order valence-electron chi connectivity index (χ2n) is 29.7. The van der Waals surface area contributed by atoms with E-state index in [0.717, 1.165) is 113 Å². The number of benzene rings is 2. The number of nitrogens with zero attached hydrogens (tertiary/aromatic N) is 1. The number of rotatable bonds is 13. The van der Waals surface area contributed by atoms with Gasteiger partial charge in [-0.3, -0.25) is 14.5 Å². The van der Waals surface area contributed by atoms with Crippen molar-refractivity contribution in [2.75, 3.05) is 70.5 Å². The van der Waals surface area contributed by atoms with Crippen LogP contribution in [0.15, 0.2) is 48.6 Å². The van der Waals surface area contributed by atoms with E-state index in [9.17, 15) is 35.1 Å². The first-order chi connectivity index (χ1) is 43.6. The number of esters is 2. The Kier molecular flexibility index (Phi) is 21.2. The molecule has 2 aromatic carbocycles. The average molecular weight is 1280 g/mol. The zero-order valence-corrected chi connectivity index (χ0v) is 55.1. The summed E-state index contributed by atoms with van der Waals surface area (Å²) in [5, 5.41) is 73.4. The van der Waals surface area contributed by atoms with Crippen LogP contribution in [0.5, 0.6) is 17.2 Å². The van der Waals surface area contributed by atoms with Crippen molar-refractivity contribution >= 4 is 39.4 Å². The third-order valence-electron chi connectivity index (χ3n) is 24.0. The molecule has 6 fully saturated rings. The molecule has 494 valence electrons. The number of phenolic OH excluding ortho intramolecular Hbond substituents is 2. The number of fused-ring (bicyclic) bond motifs is 5. The lowest BCUT2D eigenvalue weighted by molar-refractivity contribution is -0.183. The number of hydrogen-bond acceptors (Lipinski definition) is 17. The molecule has 5 aliphatic heterocycles. The SMILES string of the molecule is CC(=O)OC1CC(OC(=O)C23CCCCC2CCC(=O)N3)C2(CCNCC2)C2c3ccc(O)c4c3C(CC2C#CCC2CC(C)(O)CSSCC(NCC(Cc3ccc(O)cc3)CC3CC=CC(N5CCNCC5)C3)C(O)CCC21)C(C1(CO)CCCC1)CO4. The van der Waals surface area contributed by atoms with Gasteiger partial charge in [-0.25, -0.2) is 4.79 Å². The summed E-state index contributed by atoms with van der Waals surface area (Å²) in [4.78, 5) is 46.3. The normalized spacial score (nSPS) is 36.5. The third kappa shape index (κ3) is 14.3. The van der Waals surface area contributed by atoms with Gasteiger partial charge >= 0.3 is 11.9 Å². The standard InChI is InChI=1S/C72H103N5O11S2/c1-46(79)87-62-39-63(88-68(84)72-26-4-3-12-52(72)16-23-64(83)76-72)71(27-29-73-30-28-71)66-50(38-57-58(70(44-78)24-5-6-25-70)42-86-67-61(82)22-20-56(66)65(57)67)10-8-11-51-40-69(2,85)45-90-89-43-59(60(81)21-19-55(51)62)75-41-49(35-47-14-17-54(80)18-15-47)36-48-9-7-13-53(37-48)77-33-31-74-32-34-77/h7,13-15,17-18,20,22,48-53,55,57-60,62-63,66,73-75,78,80-82,85H,3-6,9,11-12,16,19,21,23-45H2,1-2H3,(H,76,83). The Morgan fingerprint density at radius 3 is 2.47 bits per heavy atom. The molecule has 5 aliphatic carbocycles. The minimum atomic E-state index is -1.21. The second-order valence-corrected chi connectivity index (χ2v) is 32.2. The highest BCUT2D eigenvalue weighted by molar-refractivity contribution is 8.76. The van der Waals surface area contributed by atoms with Gasteiger partial charge in [0.2, 0.25) is 5.91 Å². The Morgan fingerprint density at radius 2 is 1.69 bits per heavy atom. The number of carbonyl (C=O) groups is 3. The fourth-order valence-electron chi connectivity index (χ4n) is 19.4. The van der Waals surface area contributed by atoms with Gasteiger partial charge in [-0.15, -0.1) is 5.92 Å². The number of aromatic hydroxyl groups is 2. The maximum Gasteiger partial charge on any atom is 0.332 e. The zero-order valence-electron chi connectivity index (χ0n) is 53.5. The van der Waals surface area contributed by atoms with E-state index in [1.54, 1.807) is 39.8 Å². The number of ether oxygens (including phenoxy) is 3. The largest absolute Gasteiger partial charge is 0.508 e. The lowest BCUT2D eigenvalue weighted by Crippen LogP contribution is -2.65. The number of hydrogen-bond donors (Lipinski definition) is 9. The molecule has 0 bridgehead atoms. The van der Waals surface area contributed by atoms with Crippen molar-refractivity contribution in [2.45, 2.75) is 208 Å². The summed E-state index contributed by atoms with van der Waals surface area (Å²) in [7, 11) is 3.30. The summed E-state index contributed by atoms with van der Waals surface area (Å²) in [6.07, 6.45) is 17.6. The molecule has 16 unspecified atom stereocenters. The molecular formula is C72H103N5O11S2. The number of aliphatic hydroxyl groups excluding tert-OH is 2. The van der Waals surface area contributed by atoms with Crippen molar-refractivity contribution in [3.05, 3.63) is 65.2 Å². The van der Waals surface area contributed by atoms with Crippen LogP contribution in [0.3, 0.4) is 0 Å². The lowest BCUT2D eigenvalue weighted by Gasteiger charge is -2.56. The van der Waals surface area contributed by atoms with Gasteiger partial charge in [0.15, 0.2) is 11.5 Å². The molecule has 5 heterocycles. The number of phenols is 2. The molecule has 4 saturated heterocycles. The van der Waals surface area contributed by atoms with Gasteiger partial charge in [-0.2, -0.15) is 0 Å². The summed E-state index contributed by atoms with van der Waals surface area (Å²) in [5.74, 6) is 7.79. The number of piperazine rings is 1. The van der Waals surface area contributed by atoms with Gasteiger partial charge in [-0.05, 0) is 182 Å². The van der Waals surface area contributed by atoms with E-state index in [0.29, 0.717) is 120 Å². The predicted octanol–water partition coefficient (Wildman–Crippen LogP) is 9.05. The third-order valence-corrected chi connectivity index (χ3v) is 26.6. The molecular weight excluding hydrogens is 1170 g/mol. The Bertz CT molecular complexity index is 2900. The van der Waals surface area contributed by atoms with Crippen LogP contribution in [0.2, 0.25) is 0 Å². The van der Waals surface area contributed by atoms with Gasteiger partial charge in [0.1, 0.15) is 23.5 Å². The Labute approximate surface area is 542 Å². The molecule has 9 N–H and O–H groups in total. The molecule has 2 aromatic rings. The van der Waals surface area contributed by atoms with E-state index in [1.807, 2.05) is 19.1 Å². The first kappa shape index (κ1) is 66.0. The van der Waals surface area contributed by atoms with Gasteiger partial charge in [0, 0.05) is 123 Å². The topological polar surface area (TPSA) is 231 Å². The van der Waals surface area contributed by atoms with E-state index in [-0.39, 0.29) is 83.3 Å². The number of amides is 1. The quantitative estimate of drug-likeness (QED) is 0.0394. The van der Waals surface area contributed by atoms with E-state index in [2.05, 4.69) is 56.2 Å². The molecule has 12 rings (SSSR count). The second kappa shape index (κ2) is 28.9. The number of nitrogens with one attached hydrogen (secondary N) is 4. The molecule has 10 aliphatic rings. The number of piperidine rings is 2. The van der Waals surface area contributed by atoms with E-state index >= 15 is 4.79 Å². The highest BCUT2D eigenvalue weighted by Crippen LogP contribution is 2.65. The summed E-state index contributed by atoms with van der Waals surface area (Å²) in [6.45, 7) is 9.81. The van der Waals surface area contributed by atoms with Crippen LogP contribution >= 0.6 is 21.6 Å². The molecule has 1 amide bonds. The Morgan fingerprint density at radius 1 is 0.911 bits per heavy atom. The van der Waals surface area contributed by atoms with Crippen molar-refractivity contribution in [3.8, 4) is 29.1 Å². The van der Waals surface area contributed by atoms with Crippen molar-refractivity contribution in [1.82, 2.24) is 26.2 Å². The molecule has 16 atom stereocenters. The Balaban J connectivity index is 0.914. The first-order valence-corrected chi connectivity index (χ1v) is 37.3. The van der Waals surface area contributed by atoms with Crippen molar-refractivity contribution in [2.24, 2.45) is 52.3 Å².